The minimum atomic E-state index is 0.162. The van der Waals surface area contributed by atoms with Crippen molar-refractivity contribution in [3.05, 3.63) is 53.0 Å². The van der Waals surface area contributed by atoms with Crippen molar-refractivity contribution in [2.45, 2.75) is 46.3 Å². The van der Waals surface area contributed by atoms with Gasteiger partial charge in [-0.1, -0.05) is 32.9 Å². The predicted octanol–water partition coefficient (Wildman–Crippen LogP) is 3.92. The van der Waals surface area contributed by atoms with Crippen molar-refractivity contribution in [1.29, 1.82) is 0 Å². The highest BCUT2D eigenvalue weighted by Crippen LogP contribution is 2.25. The molecular weight excluding hydrogens is 250 g/mol. The standard InChI is InChI=1S/C17H23NO2/c1-12-13(9-16(10-18)20-12)11-19-15-7-5-14(6-8-15)17(2,3)4/h5-9H,10-11,18H2,1-4H3. The molecule has 0 unspecified atom stereocenters. The Morgan fingerprint density at radius 3 is 2.30 bits per heavy atom. The summed E-state index contributed by atoms with van der Waals surface area (Å²) in [6.07, 6.45) is 0. The number of benzene rings is 1. The summed E-state index contributed by atoms with van der Waals surface area (Å²) >= 11 is 0. The predicted molar refractivity (Wildman–Crippen MR) is 80.8 cm³/mol. The summed E-state index contributed by atoms with van der Waals surface area (Å²) in [4.78, 5) is 0. The van der Waals surface area contributed by atoms with Crippen LogP contribution in [-0.4, -0.2) is 0 Å². The van der Waals surface area contributed by atoms with Gasteiger partial charge in [0.2, 0.25) is 0 Å². The van der Waals surface area contributed by atoms with Crippen LogP contribution in [0.5, 0.6) is 5.75 Å². The lowest BCUT2D eigenvalue weighted by Crippen LogP contribution is -2.10. The van der Waals surface area contributed by atoms with Crippen LogP contribution in [0.1, 0.15) is 43.4 Å². The Morgan fingerprint density at radius 2 is 1.80 bits per heavy atom. The van der Waals surface area contributed by atoms with E-state index in [0.29, 0.717) is 13.2 Å². The van der Waals surface area contributed by atoms with Crippen LogP contribution in [0, 0.1) is 6.92 Å². The second-order valence-corrected chi connectivity index (χ2v) is 6.06. The van der Waals surface area contributed by atoms with Gasteiger partial charge < -0.3 is 14.9 Å². The molecule has 3 nitrogen and oxygen atoms in total. The lowest BCUT2D eigenvalue weighted by atomic mass is 9.87. The molecule has 0 aliphatic rings. The summed E-state index contributed by atoms with van der Waals surface area (Å²) in [6.45, 7) is 9.45. The fourth-order valence-electron chi connectivity index (χ4n) is 2.04. The molecule has 0 amide bonds. The summed E-state index contributed by atoms with van der Waals surface area (Å²) in [5, 5.41) is 0. The number of ether oxygens (including phenoxy) is 1. The summed E-state index contributed by atoms with van der Waals surface area (Å²) < 4.78 is 11.3. The maximum Gasteiger partial charge on any atom is 0.119 e. The highest BCUT2D eigenvalue weighted by molar-refractivity contribution is 5.31. The quantitative estimate of drug-likeness (QED) is 0.918. The molecule has 2 rings (SSSR count). The third kappa shape index (κ3) is 3.42. The van der Waals surface area contributed by atoms with Crippen LogP contribution in [0.25, 0.3) is 0 Å². The molecule has 0 atom stereocenters. The normalized spacial score (nSPS) is 11.7. The Balaban J connectivity index is 2.02. The largest absolute Gasteiger partial charge is 0.489 e. The van der Waals surface area contributed by atoms with E-state index in [1.807, 2.05) is 25.1 Å². The SMILES string of the molecule is Cc1oc(CN)cc1COc1ccc(C(C)(C)C)cc1. The van der Waals surface area contributed by atoms with Crippen LogP contribution in [0.2, 0.25) is 0 Å². The summed E-state index contributed by atoms with van der Waals surface area (Å²) in [5.41, 5.74) is 8.07. The first-order valence-corrected chi connectivity index (χ1v) is 6.92. The first kappa shape index (κ1) is 14.7. The van der Waals surface area contributed by atoms with Gasteiger partial charge in [-0.05, 0) is 36.1 Å². The molecule has 0 bridgehead atoms. The molecule has 1 heterocycles. The zero-order chi connectivity index (χ0) is 14.8. The van der Waals surface area contributed by atoms with Gasteiger partial charge in [-0.15, -0.1) is 0 Å². The molecule has 20 heavy (non-hydrogen) atoms. The number of hydrogen-bond acceptors (Lipinski definition) is 3. The van der Waals surface area contributed by atoms with Gasteiger partial charge in [-0.25, -0.2) is 0 Å². The second-order valence-electron chi connectivity index (χ2n) is 6.06. The smallest absolute Gasteiger partial charge is 0.119 e. The van der Waals surface area contributed by atoms with E-state index in [-0.39, 0.29) is 5.41 Å². The van der Waals surface area contributed by atoms with E-state index in [2.05, 4.69) is 32.9 Å². The average molecular weight is 273 g/mol. The second kappa shape index (κ2) is 5.71. The molecule has 0 spiro atoms. The van der Waals surface area contributed by atoms with Crippen LogP contribution in [-0.2, 0) is 18.6 Å². The lowest BCUT2D eigenvalue weighted by Gasteiger charge is -2.19. The molecule has 0 saturated heterocycles. The number of aryl methyl sites for hydroxylation is 1. The molecule has 0 aliphatic heterocycles. The Morgan fingerprint density at radius 1 is 1.15 bits per heavy atom. The maximum absolute atomic E-state index is 5.80. The molecular formula is C17H23NO2. The third-order valence-electron chi connectivity index (χ3n) is 3.39. The highest BCUT2D eigenvalue weighted by atomic mass is 16.5. The van der Waals surface area contributed by atoms with Gasteiger partial charge in [-0.2, -0.15) is 0 Å². The first-order chi connectivity index (χ1) is 9.40. The van der Waals surface area contributed by atoms with Gasteiger partial charge in [-0.3, -0.25) is 0 Å². The van der Waals surface area contributed by atoms with E-state index in [4.69, 9.17) is 14.9 Å². The molecule has 108 valence electrons. The molecule has 3 heteroatoms. The van der Waals surface area contributed by atoms with E-state index in [1.54, 1.807) is 0 Å². The lowest BCUT2D eigenvalue weighted by molar-refractivity contribution is 0.303. The summed E-state index contributed by atoms with van der Waals surface area (Å²) in [5.74, 6) is 2.54. The highest BCUT2D eigenvalue weighted by Gasteiger charge is 2.13. The molecule has 0 radical (unpaired) electrons. The third-order valence-corrected chi connectivity index (χ3v) is 3.39. The van der Waals surface area contributed by atoms with Gasteiger partial charge in [0.05, 0.1) is 6.54 Å². The van der Waals surface area contributed by atoms with Crippen molar-refractivity contribution in [1.82, 2.24) is 0 Å². The minimum absolute atomic E-state index is 0.162. The van der Waals surface area contributed by atoms with Crippen molar-refractivity contribution < 1.29 is 9.15 Å². The monoisotopic (exact) mass is 273 g/mol. The maximum atomic E-state index is 5.80. The van der Waals surface area contributed by atoms with Gasteiger partial charge in [0.15, 0.2) is 0 Å². The zero-order valence-corrected chi connectivity index (χ0v) is 12.7. The van der Waals surface area contributed by atoms with E-state index in [9.17, 15) is 0 Å². The molecule has 0 fully saturated rings. The van der Waals surface area contributed by atoms with Crippen molar-refractivity contribution in [3.63, 3.8) is 0 Å². The van der Waals surface area contributed by atoms with Crippen LogP contribution >= 0.6 is 0 Å². The number of furan rings is 1. The minimum Gasteiger partial charge on any atom is -0.489 e. The van der Waals surface area contributed by atoms with E-state index >= 15 is 0 Å². The van der Waals surface area contributed by atoms with Gasteiger partial charge in [0.25, 0.3) is 0 Å². The number of hydrogen-bond donors (Lipinski definition) is 1. The summed E-state index contributed by atoms with van der Waals surface area (Å²) in [6, 6.07) is 10.2. The van der Waals surface area contributed by atoms with Crippen LogP contribution in [0.4, 0.5) is 0 Å². The Hall–Kier alpha value is -1.74. The van der Waals surface area contributed by atoms with Crippen molar-refractivity contribution in [2.75, 3.05) is 0 Å². The Bertz CT molecular complexity index is 562. The molecule has 2 aromatic rings. The molecule has 2 N–H and O–H groups in total. The van der Waals surface area contributed by atoms with Crippen LogP contribution in [0.3, 0.4) is 0 Å². The van der Waals surface area contributed by atoms with Gasteiger partial charge in [0.1, 0.15) is 23.9 Å². The first-order valence-electron chi connectivity index (χ1n) is 6.92. The number of nitrogens with two attached hydrogens (primary N) is 1. The van der Waals surface area contributed by atoms with Crippen LogP contribution in [0.15, 0.2) is 34.7 Å². The Labute approximate surface area is 120 Å². The topological polar surface area (TPSA) is 48.4 Å². The fraction of sp³-hybridized carbons (Fsp3) is 0.412. The molecule has 0 saturated carbocycles. The Kier molecular flexibility index (Phi) is 4.19. The fourth-order valence-corrected chi connectivity index (χ4v) is 2.04. The van der Waals surface area contributed by atoms with Crippen molar-refractivity contribution in [2.24, 2.45) is 5.73 Å². The average Bonchev–Trinajstić information content (AvgIpc) is 2.76. The number of rotatable bonds is 4. The summed E-state index contributed by atoms with van der Waals surface area (Å²) in [7, 11) is 0. The molecule has 1 aromatic carbocycles. The van der Waals surface area contributed by atoms with E-state index in [0.717, 1.165) is 22.8 Å². The van der Waals surface area contributed by atoms with E-state index < -0.39 is 0 Å². The molecule has 1 aromatic heterocycles. The van der Waals surface area contributed by atoms with Crippen LogP contribution < -0.4 is 10.5 Å². The van der Waals surface area contributed by atoms with Crippen molar-refractivity contribution in [3.8, 4) is 5.75 Å². The zero-order valence-electron chi connectivity index (χ0n) is 12.7. The van der Waals surface area contributed by atoms with Crippen molar-refractivity contribution >= 4 is 0 Å². The van der Waals surface area contributed by atoms with Gasteiger partial charge in [0, 0.05) is 5.56 Å². The van der Waals surface area contributed by atoms with Gasteiger partial charge >= 0.3 is 0 Å². The molecule has 0 aliphatic carbocycles. The van der Waals surface area contributed by atoms with E-state index in [1.165, 1.54) is 5.56 Å².